The second-order valence-electron chi connectivity index (χ2n) is 10.5. The molecule has 0 N–H and O–H groups in total. The molecular formula is C39H22N6O. The molecule has 0 saturated heterocycles. The van der Waals surface area contributed by atoms with Gasteiger partial charge in [-0.3, -0.25) is 4.98 Å². The molecule has 0 aliphatic heterocycles. The van der Waals surface area contributed by atoms with Crippen LogP contribution in [-0.2, 0) is 0 Å². The largest absolute Gasteiger partial charge is 0.436 e. The zero-order chi connectivity index (χ0) is 31.5. The zero-order valence-corrected chi connectivity index (χ0v) is 24.3. The van der Waals surface area contributed by atoms with Gasteiger partial charge in [-0.2, -0.15) is 15.8 Å². The summed E-state index contributed by atoms with van der Waals surface area (Å²) in [6.45, 7) is 0. The Labute approximate surface area is 265 Å². The standard InChI is InChI=1S/C39H22N6O/c40-22-26-5-7-30(8-6-26)36-18-17-35(25-43-36)45(33-13-9-29(10-14-33)32-20-27(23-41)19-28(21-32)24-42)34-15-11-31(12-16-34)39-44-37-3-1-2-4-38(37)46-39/h1-21,25H. The van der Waals surface area contributed by atoms with E-state index >= 15 is 0 Å². The Morgan fingerprint density at radius 1 is 0.522 bits per heavy atom. The summed E-state index contributed by atoms with van der Waals surface area (Å²) < 4.78 is 5.99. The van der Waals surface area contributed by atoms with Crippen molar-refractivity contribution in [1.29, 1.82) is 15.8 Å². The molecule has 7 nitrogen and oxygen atoms in total. The van der Waals surface area contributed by atoms with Crippen molar-refractivity contribution in [2.75, 3.05) is 4.90 Å². The van der Waals surface area contributed by atoms with Crippen LogP contribution in [0.3, 0.4) is 0 Å². The molecule has 0 unspecified atom stereocenters. The number of rotatable bonds is 6. The van der Waals surface area contributed by atoms with Crippen molar-refractivity contribution in [3.63, 3.8) is 0 Å². The highest BCUT2D eigenvalue weighted by Gasteiger charge is 2.16. The number of hydrogen-bond acceptors (Lipinski definition) is 7. The molecule has 0 atom stereocenters. The first-order valence-electron chi connectivity index (χ1n) is 14.4. The van der Waals surface area contributed by atoms with Crippen molar-refractivity contribution in [3.05, 3.63) is 150 Å². The summed E-state index contributed by atoms with van der Waals surface area (Å²) in [7, 11) is 0. The normalized spacial score (nSPS) is 10.5. The second kappa shape index (κ2) is 11.9. The molecule has 214 valence electrons. The van der Waals surface area contributed by atoms with E-state index in [1.54, 1.807) is 30.3 Å². The molecule has 0 radical (unpaired) electrons. The van der Waals surface area contributed by atoms with Crippen molar-refractivity contribution in [3.8, 4) is 52.0 Å². The summed E-state index contributed by atoms with van der Waals surface area (Å²) in [4.78, 5) is 11.5. The van der Waals surface area contributed by atoms with Crippen LogP contribution in [0.25, 0.3) is 44.9 Å². The molecule has 46 heavy (non-hydrogen) atoms. The third-order valence-corrected chi connectivity index (χ3v) is 7.63. The molecule has 0 bridgehead atoms. The van der Waals surface area contributed by atoms with Gasteiger partial charge in [0.05, 0.1) is 52.5 Å². The lowest BCUT2D eigenvalue weighted by atomic mass is 10.00. The maximum atomic E-state index is 9.45. The van der Waals surface area contributed by atoms with Gasteiger partial charge in [0, 0.05) is 22.5 Å². The van der Waals surface area contributed by atoms with Crippen molar-refractivity contribution >= 4 is 28.2 Å². The third-order valence-electron chi connectivity index (χ3n) is 7.63. The Balaban J connectivity index is 1.26. The first kappa shape index (κ1) is 27.8. The highest BCUT2D eigenvalue weighted by molar-refractivity contribution is 5.81. The number of benzene rings is 5. The topological polar surface area (TPSA) is 114 Å². The molecule has 0 spiro atoms. The van der Waals surface area contributed by atoms with E-state index in [4.69, 9.17) is 14.7 Å². The summed E-state index contributed by atoms with van der Waals surface area (Å²) in [6.07, 6.45) is 1.83. The van der Waals surface area contributed by atoms with E-state index < -0.39 is 0 Å². The number of anilines is 3. The van der Waals surface area contributed by atoms with Crippen LogP contribution in [-0.4, -0.2) is 9.97 Å². The Bertz CT molecular complexity index is 2250. The summed E-state index contributed by atoms with van der Waals surface area (Å²) >= 11 is 0. The van der Waals surface area contributed by atoms with Crippen LogP contribution in [0, 0.1) is 34.0 Å². The van der Waals surface area contributed by atoms with Gasteiger partial charge in [-0.15, -0.1) is 0 Å². The van der Waals surface area contributed by atoms with E-state index in [-0.39, 0.29) is 0 Å². The number of oxazole rings is 1. The number of para-hydroxylation sites is 2. The maximum Gasteiger partial charge on any atom is 0.227 e. The van der Waals surface area contributed by atoms with E-state index in [9.17, 15) is 10.5 Å². The molecule has 0 amide bonds. The summed E-state index contributed by atoms with van der Waals surface area (Å²) in [5.74, 6) is 0.549. The van der Waals surface area contributed by atoms with Crippen LogP contribution in [0.2, 0.25) is 0 Å². The Hall–Kier alpha value is -7.01. The summed E-state index contributed by atoms with van der Waals surface area (Å²) in [5.41, 5.74) is 9.90. The lowest BCUT2D eigenvalue weighted by Gasteiger charge is -2.25. The fourth-order valence-corrected chi connectivity index (χ4v) is 5.33. The quantitative estimate of drug-likeness (QED) is 0.190. The Morgan fingerprint density at radius 2 is 1.11 bits per heavy atom. The van der Waals surface area contributed by atoms with E-state index in [1.807, 2.05) is 103 Å². The average Bonchev–Trinajstić information content (AvgIpc) is 3.57. The number of fused-ring (bicyclic) bond motifs is 1. The van der Waals surface area contributed by atoms with E-state index in [0.717, 1.165) is 56.1 Å². The predicted molar refractivity (Wildman–Crippen MR) is 177 cm³/mol. The number of nitriles is 3. The van der Waals surface area contributed by atoms with Crippen LogP contribution < -0.4 is 4.90 Å². The first-order valence-corrected chi connectivity index (χ1v) is 14.4. The zero-order valence-electron chi connectivity index (χ0n) is 24.3. The smallest absolute Gasteiger partial charge is 0.227 e. The average molecular weight is 591 g/mol. The number of pyridine rings is 1. The van der Waals surface area contributed by atoms with Crippen LogP contribution in [0.5, 0.6) is 0 Å². The molecule has 7 rings (SSSR count). The monoisotopic (exact) mass is 590 g/mol. The van der Waals surface area contributed by atoms with Gasteiger partial charge in [-0.1, -0.05) is 36.4 Å². The molecule has 7 heteroatoms. The minimum atomic E-state index is 0.437. The molecule has 2 aromatic heterocycles. The fraction of sp³-hybridized carbons (Fsp3) is 0. The van der Waals surface area contributed by atoms with Gasteiger partial charge in [0.15, 0.2) is 5.58 Å². The SMILES string of the molecule is N#Cc1ccc(-c2ccc(N(c3ccc(-c4cc(C#N)cc(C#N)c4)cc3)c3ccc(-c4nc5ccccc5o4)cc3)cn2)cc1. The van der Waals surface area contributed by atoms with Crippen molar-refractivity contribution < 1.29 is 4.42 Å². The first-order chi connectivity index (χ1) is 22.6. The molecule has 7 aromatic rings. The van der Waals surface area contributed by atoms with Gasteiger partial charge in [0.25, 0.3) is 0 Å². The summed E-state index contributed by atoms with van der Waals surface area (Å²) in [5, 5.41) is 28.0. The minimum Gasteiger partial charge on any atom is -0.436 e. The molecule has 5 aromatic carbocycles. The van der Waals surface area contributed by atoms with Crippen molar-refractivity contribution in [2.45, 2.75) is 0 Å². The number of hydrogen-bond donors (Lipinski definition) is 0. The van der Waals surface area contributed by atoms with Crippen LogP contribution >= 0.6 is 0 Å². The van der Waals surface area contributed by atoms with Crippen molar-refractivity contribution in [1.82, 2.24) is 9.97 Å². The fourth-order valence-electron chi connectivity index (χ4n) is 5.33. The molecule has 0 fully saturated rings. The lowest BCUT2D eigenvalue weighted by Crippen LogP contribution is -2.10. The van der Waals surface area contributed by atoms with Crippen LogP contribution in [0.15, 0.2) is 138 Å². The highest BCUT2D eigenvalue weighted by Crippen LogP contribution is 2.37. The van der Waals surface area contributed by atoms with Gasteiger partial charge >= 0.3 is 0 Å². The third kappa shape index (κ3) is 5.42. The second-order valence-corrected chi connectivity index (χ2v) is 10.5. The van der Waals surface area contributed by atoms with Crippen LogP contribution in [0.1, 0.15) is 16.7 Å². The summed E-state index contributed by atoms with van der Waals surface area (Å²) in [6, 6.07) is 46.5. The highest BCUT2D eigenvalue weighted by atomic mass is 16.3. The Kier molecular flexibility index (Phi) is 7.21. The van der Waals surface area contributed by atoms with Gasteiger partial charge in [-0.25, -0.2) is 4.98 Å². The van der Waals surface area contributed by atoms with Gasteiger partial charge in [0.2, 0.25) is 5.89 Å². The van der Waals surface area contributed by atoms with E-state index in [1.165, 1.54) is 0 Å². The molecule has 0 aliphatic carbocycles. The van der Waals surface area contributed by atoms with Gasteiger partial charge < -0.3 is 9.32 Å². The number of aromatic nitrogens is 2. The maximum absolute atomic E-state index is 9.45. The minimum absolute atomic E-state index is 0.437. The molecule has 0 aliphatic rings. The van der Waals surface area contributed by atoms with E-state index in [0.29, 0.717) is 22.6 Å². The molecule has 2 heterocycles. The predicted octanol–water partition coefficient (Wildman–Crippen LogP) is 9.31. The van der Waals surface area contributed by atoms with Gasteiger partial charge in [-0.05, 0) is 102 Å². The van der Waals surface area contributed by atoms with Crippen molar-refractivity contribution in [2.24, 2.45) is 0 Å². The molecular weight excluding hydrogens is 568 g/mol. The Morgan fingerprint density at radius 3 is 1.70 bits per heavy atom. The van der Waals surface area contributed by atoms with Gasteiger partial charge in [0.1, 0.15) is 5.52 Å². The van der Waals surface area contributed by atoms with E-state index in [2.05, 4.69) is 28.1 Å². The number of nitrogens with zero attached hydrogens (tertiary/aromatic N) is 6. The lowest BCUT2D eigenvalue weighted by molar-refractivity contribution is 0.620. The van der Waals surface area contributed by atoms with Crippen LogP contribution in [0.4, 0.5) is 17.1 Å². The molecule has 0 saturated carbocycles.